The van der Waals surface area contributed by atoms with Crippen molar-refractivity contribution in [3.8, 4) is 11.5 Å². The quantitative estimate of drug-likeness (QED) is 0.572. The number of aromatic hydroxyl groups is 1. The fourth-order valence-electron chi connectivity index (χ4n) is 3.85. The van der Waals surface area contributed by atoms with E-state index in [1.165, 1.54) is 24.4 Å². The predicted octanol–water partition coefficient (Wildman–Crippen LogP) is 4.80. The van der Waals surface area contributed by atoms with E-state index in [1.54, 1.807) is 18.2 Å². The van der Waals surface area contributed by atoms with E-state index in [2.05, 4.69) is 21.0 Å². The average Bonchev–Trinajstić information content (AvgIpc) is 2.75. The molecule has 1 N–H and O–H groups in total. The Bertz CT molecular complexity index is 1130. The zero-order valence-electron chi connectivity index (χ0n) is 16.1. The van der Waals surface area contributed by atoms with Crippen LogP contribution < -0.4 is 10.3 Å². The number of fused-ring (bicyclic) bond motifs is 1. The van der Waals surface area contributed by atoms with Crippen LogP contribution in [0.25, 0.3) is 10.9 Å². The lowest BCUT2D eigenvalue weighted by atomic mass is 9.88. The molecule has 6 nitrogen and oxygen atoms in total. The van der Waals surface area contributed by atoms with Crippen LogP contribution in [0.1, 0.15) is 49.4 Å². The van der Waals surface area contributed by atoms with Crippen molar-refractivity contribution >= 4 is 33.0 Å². The second-order valence-electron chi connectivity index (χ2n) is 7.23. The summed E-state index contributed by atoms with van der Waals surface area (Å²) in [5.74, 6) is 1.19. The van der Waals surface area contributed by atoms with Gasteiger partial charge in [0.2, 0.25) is 0 Å². The fourth-order valence-corrected chi connectivity index (χ4v) is 4.30. The maximum absolute atomic E-state index is 13.2. The average molecular weight is 456 g/mol. The zero-order valence-corrected chi connectivity index (χ0v) is 17.7. The van der Waals surface area contributed by atoms with Crippen molar-refractivity contribution in [1.82, 2.24) is 9.66 Å². The van der Waals surface area contributed by atoms with Gasteiger partial charge >= 0.3 is 0 Å². The molecular weight excluding hydrogens is 434 g/mol. The number of para-hydroxylation sites is 1. The third-order valence-electron chi connectivity index (χ3n) is 5.35. The highest BCUT2D eigenvalue weighted by Crippen LogP contribution is 2.33. The lowest BCUT2D eigenvalue weighted by Crippen LogP contribution is -2.25. The first-order chi connectivity index (χ1) is 14.1. The molecule has 0 bridgehead atoms. The first kappa shape index (κ1) is 19.6. The molecule has 1 aromatic heterocycles. The Morgan fingerprint density at radius 2 is 2.00 bits per heavy atom. The molecule has 29 heavy (non-hydrogen) atoms. The normalized spacial score (nSPS) is 15.2. The van der Waals surface area contributed by atoms with E-state index >= 15 is 0 Å². The Morgan fingerprint density at radius 3 is 2.76 bits per heavy atom. The molecule has 0 radical (unpaired) electrons. The summed E-state index contributed by atoms with van der Waals surface area (Å²) in [5.41, 5.74) is 0.941. The van der Waals surface area contributed by atoms with Crippen molar-refractivity contribution in [3.63, 3.8) is 0 Å². The van der Waals surface area contributed by atoms with Crippen LogP contribution in [0.2, 0.25) is 0 Å². The maximum atomic E-state index is 13.2. The number of benzene rings is 2. The molecule has 1 saturated carbocycles. The number of phenols is 1. The van der Waals surface area contributed by atoms with Crippen molar-refractivity contribution in [2.45, 2.75) is 38.0 Å². The van der Waals surface area contributed by atoms with Gasteiger partial charge in [0.15, 0.2) is 11.5 Å². The molecule has 0 amide bonds. The Hall–Kier alpha value is -2.67. The van der Waals surface area contributed by atoms with Gasteiger partial charge in [-0.2, -0.15) is 9.78 Å². The van der Waals surface area contributed by atoms with Crippen molar-refractivity contribution in [1.29, 1.82) is 0 Å². The van der Waals surface area contributed by atoms with E-state index in [0.29, 0.717) is 28.0 Å². The van der Waals surface area contributed by atoms with Gasteiger partial charge in [-0.3, -0.25) is 4.79 Å². The first-order valence-electron chi connectivity index (χ1n) is 9.71. The fraction of sp³-hybridized carbons (Fsp3) is 0.318. The summed E-state index contributed by atoms with van der Waals surface area (Å²) < 4.78 is 7.33. The minimum atomic E-state index is -0.200. The molecule has 150 valence electrons. The third kappa shape index (κ3) is 3.92. The molecule has 0 spiro atoms. The van der Waals surface area contributed by atoms with Crippen molar-refractivity contribution in [2.75, 3.05) is 7.11 Å². The van der Waals surface area contributed by atoms with Crippen LogP contribution >= 0.6 is 15.9 Å². The van der Waals surface area contributed by atoms with Crippen LogP contribution in [0.15, 0.2) is 50.8 Å². The number of hydrogen-bond donors (Lipinski definition) is 1. The van der Waals surface area contributed by atoms with Gasteiger partial charge in [-0.1, -0.05) is 47.3 Å². The summed E-state index contributed by atoms with van der Waals surface area (Å²) in [6.45, 7) is 0. The lowest BCUT2D eigenvalue weighted by Gasteiger charge is -2.22. The summed E-state index contributed by atoms with van der Waals surface area (Å²) in [7, 11) is 1.49. The van der Waals surface area contributed by atoms with Gasteiger partial charge in [0.1, 0.15) is 5.82 Å². The van der Waals surface area contributed by atoms with Crippen LogP contribution in [0.3, 0.4) is 0 Å². The number of nitrogens with zero attached hydrogens (tertiary/aromatic N) is 3. The number of hydrogen-bond acceptors (Lipinski definition) is 5. The molecule has 1 aliphatic carbocycles. The summed E-state index contributed by atoms with van der Waals surface area (Å²) in [6.07, 6.45) is 6.93. The van der Waals surface area contributed by atoms with Gasteiger partial charge < -0.3 is 9.84 Å². The van der Waals surface area contributed by atoms with Gasteiger partial charge in [-0.25, -0.2) is 4.98 Å². The van der Waals surface area contributed by atoms with Crippen LogP contribution in [-0.4, -0.2) is 28.1 Å². The van der Waals surface area contributed by atoms with Crippen LogP contribution in [0.5, 0.6) is 11.5 Å². The van der Waals surface area contributed by atoms with E-state index in [4.69, 9.17) is 9.72 Å². The molecule has 1 aliphatic rings. The molecule has 2 aromatic carbocycles. The third-order valence-corrected chi connectivity index (χ3v) is 5.81. The van der Waals surface area contributed by atoms with Gasteiger partial charge in [0.25, 0.3) is 5.56 Å². The molecule has 7 heteroatoms. The summed E-state index contributed by atoms with van der Waals surface area (Å²) in [6, 6.07) is 10.7. The van der Waals surface area contributed by atoms with Crippen molar-refractivity contribution < 1.29 is 9.84 Å². The Balaban J connectivity index is 1.86. The Morgan fingerprint density at radius 1 is 1.24 bits per heavy atom. The standard InChI is InChI=1S/C22H22BrN3O3/c1-29-19-12-16(23)11-15(20(19)27)13-24-26-21(14-7-3-2-4-8-14)25-18-10-6-5-9-17(18)22(26)28/h5-6,9-14,27H,2-4,7-8H2,1H3. The lowest BCUT2D eigenvalue weighted by molar-refractivity contribution is 0.373. The molecule has 1 fully saturated rings. The minimum Gasteiger partial charge on any atom is -0.504 e. The molecule has 3 aromatic rings. The minimum absolute atomic E-state index is 0.0273. The summed E-state index contributed by atoms with van der Waals surface area (Å²) in [4.78, 5) is 18.0. The summed E-state index contributed by atoms with van der Waals surface area (Å²) in [5, 5.41) is 15.4. The van der Waals surface area contributed by atoms with Gasteiger partial charge in [0.05, 0.1) is 24.2 Å². The van der Waals surface area contributed by atoms with E-state index in [-0.39, 0.29) is 17.2 Å². The second-order valence-corrected chi connectivity index (χ2v) is 8.15. The molecule has 0 saturated heterocycles. The number of methoxy groups -OCH3 is 1. The highest BCUT2D eigenvalue weighted by atomic mass is 79.9. The first-order valence-corrected chi connectivity index (χ1v) is 10.5. The van der Waals surface area contributed by atoms with Crippen molar-refractivity contribution in [2.24, 2.45) is 5.10 Å². The molecular formula is C22H22BrN3O3. The topological polar surface area (TPSA) is 76.7 Å². The zero-order chi connectivity index (χ0) is 20.4. The SMILES string of the molecule is COc1cc(Br)cc(C=Nn2c(C3CCCCC3)nc3ccccc3c2=O)c1O. The highest BCUT2D eigenvalue weighted by Gasteiger charge is 2.22. The molecule has 4 rings (SSSR count). The monoisotopic (exact) mass is 455 g/mol. The molecule has 0 atom stereocenters. The summed E-state index contributed by atoms with van der Waals surface area (Å²) >= 11 is 3.40. The van der Waals surface area contributed by atoms with E-state index in [1.807, 2.05) is 18.2 Å². The highest BCUT2D eigenvalue weighted by molar-refractivity contribution is 9.10. The van der Waals surface area contributed by atoms with Gasteiger partial charge in [-0.15, -0.1) is 0 Å². The van der Waals surface area contributed by atoms with E-state index in [0.717, 1.165) is 30.2 Å². The maximum Gasteiger partial charge on any atom is 0.282 e. The van der Waals surface area contributed by atoms with Gasteiger partial charge in [0, 0.05) is 16.0 Å². The van der Waals surface area contributed by atoms with Crippen molar-refractivity contribution in [3.05, 3.63) is 62.6 Å². The van der Waals surface area contributed by atoms with Crippen LogP contribution in [0.4, 0.5) is 0 Å². The van der Waals surface area contributed by atoms with Crippen LogP contribution in [-0.2, 0) is 0 Å². The Kier molecular flexibility index (Phi) is 5.67. The number of rotatable bonds is 4. The smallest absolute Gasteiger partial charge is 0.282 e. The Labute approximate surface area is 177 Å². The molecule has 1 heterocycles. The predicted molar refractivity (Wildman–Crippen MR) is 117 cm³/mol. The number of ether oxygens (including phenoxy) is 1. The largest absolute Gasteiger partial charge is 0.504 e. The number of halogens is 1. The number of aromatic nitrogens is 2. The van der Waals surface area contributed by atoms with Crippen LogP contribution in [0, 0.1) is 0 Å². The molecule has 0 unspecified atom stereocenters. The molecule has 0 aliphatic heterocycles. The number of phenolic OH excluding ortho intramolecular Hbond substituents is 1. The van der Waals surface area contributed by atoms with E-state index in [9.17, 15) is 9.90 Å². The second kappa shape index (κ2) is 8.37. The van der Waals surface area contributed by atoms with E-state index < -0.39 is 0 Å². The van der Waals surface area contributed by atoms with Gasteiger partial charge in [-0.05, 0) is 37.1 Å².